The van der Waals surface area contributed by atoms with Crippen LogP contribution in [-0.4, -0.2) is 11.1 Å². The summed E-state index contributed by atoms with van der Waals surface area (Å²) in [5.41, 5.74) is 1.54. The summed E-state index contributed by atoms with van der Waals surface area (Å²) in [4.78, 5) is 11.2. The molecule has 0 saturated heterocycles. The Morgan fingerprint density at radius 2 is 2.12 bits per heavy atom. The molecule has 1 amide bonds. The van der Waals surface area contributed by atoms with Crippen molar-refractivity contribution >= 4 is 23.4 Å². The number of carbonyl (C=O) groups excluding carboxylic acids is 1. The van der Waals surface area contributed by atoms with Gasteiger partial charge in [-0.05, 0) is 12.1 Å². The van der Waals surface area contributed by atoms with E-state index in [1.807, 2.05) is 12.1 Å². The van der Waals surface area contributed by atoms with Crippen LogP contribution in [0.4, 0.5) is 5.88 Å². The molecule has 0 fully saturated rings. The topological polar surface area (TPSA) is 55.1 Å². The van der Waals surface area contributed by atoms with Crippen molar-refractivity contribution in [3.8, 4) is 11.3 Å². The van der Waals surface area contributed by atoms with Crippen molar-refractivity contribution in [1.29, 1.82) is 0 Å². The normalized spacial score (nSPS) is 10.2. The molecule has 88 valence electrons. The smallest absolute Gasteiger partial charge is 0.231 e. The summed E-state index contributed by atoms with van der Waals surface area (Å²) < 4.78 is 5.01. The SMILES string of the molecule is CCC(=O)Nc1cc(-c2ccc(Cl)cc2)no1. The lowest BCUT2D eigenvalue weighted by Crippen LogP contribution is -2.08. The van der Waals surface area contributed by atoms with E-state index in [1.54, 1.807) is 25.1 Å². The van der Waals surface area contributed by atoms with E-state index in [0.29, 0.717) is 23.0 Å². The van der Waals surface area contributed by atoms with Gasteiger partial charge in [0, 0.05) is 23.1 Å². The van der Waals surface area contributed by atoms with Gasteiger partial charge in [0.15, 0.2) is 0 Å². The molecule has 17 heavy (non-hydrogen) atoms. The maximum atomic E-state index is 11.2. The molecule has 0 radical (unpaired) electrons. The molecule has 1 aromatic carbocycles. The van der Waals surface area contributed by atoms with Crippen LogP contribution in [-0.2, 0) is 4.79 Å². The second kappa shape index (κ2) is 5.01. The van der Waals surface area contributed by atoms with Gasteiger partial charge < -0.3 is 4.52 Å². The molecule has 5 heteroatoms. The van der Waals surface area contributed by atoms with Crippen molar-refractivity contribution in [2.45, 2.75) is 13.3 Å². The van der Waals surface area contributed by atoms with Crippen molar-refractivity contribution in [3.05, 3.63) is 35.4 Å². The number of aromatic nitrogens is 1. The maximum Gasteiger partial charge on any atom is 0.231 e. The summed E-state index contributed by atoms with van der Waals surface area (Å²) in [5.74, 6) is 0.241. The fraction of sp³-hybridized carbons (Fsp3) is 0.167. The van der Waals surface area contributed by atoms with Gasteiger partial charge in [-0.15, -0.1) is 0 Å². The van der Waals surface area contributed by atoms with Crippen molar-refractivity contribution < 1.29 is 9.32 Å². The van der Waals surface area contributed by atoms with E-state index >= 15 is 0 Å². The van der Waals surface area contributed by atoms with Crippen molar-refractivity contribution in [1.82, 2.24) is 5.16 Å². The highest BCUT2D eigenvalue weighted by atomic mass is 35.5. The van der Waals surface area contributed by atoms with Gasteiger partial charge in [-0.3, -0.25) is 10.1 Å². The number of halogens is 1. The molecule has 0 spiro atoms. The average molecular weight is 251 g/mol. The predicted molar refractivity (Wildman–Crippen MR) is 65.9 cm³/mol. The molecule has 0 unspecified atom stereocenters. The molecule has 4 nitrogen and oxygen atoms in total. The quantitative estimate of drug-likeness (QED) is 0.909. The largest absolute Gasteiger partial charge is 0.338 e. The highest BCUT2D eigenvalue weighted by Crippen LogP contribution is 2.23. The van der Waals surface area contributed by atoms with Gasteiger partial charge in [0.1, 0.15) is 5.69 Å². The van der Waals surface area contributed by atoms with Gasteiger partial charge in [-0.25, -0.2) is 0 Å². The minimum atomic E-state index is -0.108. The second-order valence-corrected chi connectivity index (χ2v) is 3.92. The first-order chi connectivity index (χ1) is 8.19. The van der Waals surface area contributed by atoms with Gasteiger partial charge in [-0.1, -0.05) is 35.8 Å². The number of hydrogen-bond acceptors (Lipinski definition) is 3. The van der Waals surface area contributed by atoms with Gasteiger partial charge >= 0.3 is 0 Å². The molecule has 1 N–H and O–H groups in total. The molecule has 1 aromatic heterocycles. The van der Waals surface area contributed by atoms with Crippen LogP contribution in [0.2, 0.25) is 5.02 Å². The van der Waals surface area contributed by atoms with Crippen molar-refractivity contribution in [2.24, 2.45) is 0 Å². The summed E-state index contributed by atoms with van der Waals surface area (Å²) in [6, 6.07) is 8.90. The van der Waals surface area contributed by atoms with Gasteiger partial charge in [0.2, 0.25) is 11.8 Å². The number of nitrogens with zero attached hydrogens (tertiary/aromatic N) is 1. The lowest BCUT2D eigenvalue weighted by molar-refractivity contribution is -0.116. The van der Waals surface area contributed by atoms with Crippen LogP contribution in [0, 0.1) is 0 Å². The fourth-order valence-electron chi connectivity index (χ4n) is 1.32. The van der Waals surface area contributed by atoms with E-state index in [2.05, 4.69) is 10.5 Å². The first-order valence-corrected chi connectivity index (χ1v) is 5.59. The zero-order valence-electron chi connectivity index (χ0n) is 9.24. The molecule has 0 bridgehead atoms. The van der Waals surface area contributed by atoms with Gasteiger partial charge in [0.25, 0.3) is 0 Å². The Bertz CT molecular complexity index is 520. The number of amides is 1. The Balaban J connectivity index is 2.18. The van der Waals surface area contributed by atoms with Crippen LogP contribution in [0.25, 0.3) is 11.3 Å². The number of nitrogens with one attached hydrogen (secondary N) is 1. The minimum Gasteiger partial charge on any atom is -0.338 e. The summed E-state index contributed by atoms with van der Waals surface area (Å²) >= 11 is 5.79. The molecule has 0 atom stereocenters. The van der Waals surface area contributed by atoms with E-state index in [0.717, 1.165) is 5.56 Å². The van der Waals surface area contributed by atoms with E-state index in [4.69, 9.17) is 16.1 Å². The first kappa shape index (κ1) is 11.7. The molecular weight excluding hydrogens is 240 g/mol. The molecular formula is C12H11ClN2O2. The van der Waals surface area contributed by atoms with Crippen LogP contribution in [0.3, 0.4) is 0 Å². The first-order valence-electron chi connectivity index (χ1n) is 5.21. The van der Waals surface area contributed by atoms with Crippen LogP contribution >= 0.6 is 11.6 Å². The molecule has 0 saturated carbocycles. The number of carbonyl (C=O) groups is 1. The summed E-state index contributed by atoms with van der Waals surface area (Å²) in [6.07, 6.45) is 0.400. The Hall–Kier alpha value is -1.81. The number of anilines is 1. The van der Waals surface area contributed by atoms with Crippen LogP contribution in [0.5, 0.6) is 0 Å². The highest BCUT2D eigenvalue weighted by molar-refractivity contribution is 6.30. The second-order valence-electron chi connectivity index (χ2n) is 3.49. The molecule has 2 aromatic rings. The molecule has 0 aliphatic carbocycles. The minimum absolute atomic E-state index is 0.108. The summed E-state index contributed by atoms with van der Waals surface area (Å²) in [7, 11) is 0. The highest BCUT2D eigenvalue weighted by Gasteiger charge is 2.08. The molecule has 0 aliphatic rings. The summed E-state index contributed by atoms with van der Waals surface area (Å²) in [5, 5.41) is 7.13. The third kappa shape index (κ3) is 2.85. The maximum absolute atomic E-state index is 11.2. The molecule has 0 aliphatic heterocycles. The Kier molecular flexibility index (Phi) is 3.44. The number of benzene rings is 1. The lowest BCUT2D eigenvalue weighted by atomic mass is 10.1. The fourth-order valence-corrected chi connectivity index (χ4v) is 1.44. The zero-order valence-corrected chi connectivity index (χ0v) is 9.99. The zero-order chi connectivity index (χ0) is 12.3. The van der Waals surface area contributed by atoms with E-state index in [1.165, 1.54) is 0 Å². The number of rotatable bonds is 3. The average Bonchev–Trinajstić information content (AvgIpc) is 2.78. The predicted octanol–water partition coefficient (Wildman–Crippen LogP) is 3.34. The Morgan fingerprint density at radius 1 is 1.41 bits per heavy atom. The van der Waals surface area contributed by atoms with Crippen LogP contribution < -0.4 is 5.32 Å². The van der Waals surface area contributed by atoms with E-state index in [9.17, 15) is 4.79 Å². The van der Waals surface area contributed by atoms with Gasteiger partial charge in [0.05, 0.1) is 0 Å². The van der Waals surface area contributed by atoms with Crippen molar-refractivity contribution in [3.63, 3.8) is 0 Å². The van der Waals surface area contributed by atoms with E-state index in [-0.39, 0.29) is 5.91 Å². The van der Waals surface area contributed by atoms with Crippen molar-refractivity contribution in [2.75, 3.05) is 5.32 Å². The van der Waals surface area contributed by atoms with Gasteiger partial charge in [-0.2, -0.15) is 0 Å². The Labute approximate surface area is 104 Å². The molecule has 2 rings (SSSR count). The van der Waals surface area contributed by atoms with E-state index < -0.39 is 0 Å². The van der Waals surface area contributed by atoms with Crippen LogP contribution in [0.1, 0.15) is 13.3 Å². The third-order valence-corrected chi connectivity index (χ3v) is 2.49. The third-order valence-electron chi connectivity index (χ3n) is 2.23. The number of hydrogen-bond donors (Lipinski definition) is 1. The summed E-state index contributed by atoms with van der Waals surface area (Å²) in [6.45, 7) is 1.77. The lowest BCUT2D eigenvalue weighted by Gasteiger charge is -1.95. The monoisotopic (exact) mass is 250 g/mol. The Morgan fingerprint density at radius 3 is 2.76 bits per heavy atom. The molecule has 1 heterocycles. The van der Waals surface area contributed by atoms with Crippen LogP contribution in [0.15, 0.2) is 34.9 Å². The standard InChI is InChI=1S/C12H11ClN2O2/c1-2-11(16)14-12-7-10(15-17-12)8-3-5-9(13)6-4-8/h3-7H,2H2,1H3,(H,14,16).